The number of rotatable bonds is 2. The lowest BCUT2D eigenvalue weighted by Crippen LogP contribution is -2.35. The molecule has 1 N–H and O–H groups in total. The second-order valence-electron chi connectivity index (χ2n) is 2.99. The summed E-state index contributed by atoms with van der Waals surface area (Å²) in [6.45, 7) is 8.23. The molecule has 1 atom stereocenters. The van der Waals surface area contributed by atoms with Gasteiger partial charge in [0.2, 0.25) is 5.91 Å². The van der Waals surface area contributed by atoms with Gasteiger partial charge in [-0.2, -0.15) is 0 Å². The van der Waals surface area contributed by atoms with E-state index in [1.807, 2.05) is 0 Å². The zero-order chi connectivity index (χ0) is 8.27. The molecule has 1 aliphatic heterocycles. The molecule has 0 aromatic heterocycles. The highest BCUT2D eigenvalue weighted by atomic mass is 16.1. The molecule has 1 radical (unpaired) electrons. The van der Waals surface area contributed by atoms with Crippen molar-refractivity contribution in [1.29, 1.82) is 0 Å². The summed E-state index contributed by atoms with van der Waals surface area (Å²) in [6.07, 6.45) is 1.06. The summed E-state index contributed by atoms with van der Waals surface area (Å²) in [7, 11) is 0. The average Bonchev–Trinajstić information content (AvgIpc) is 2.34. The first-order valence-corrected chi connectivity index (χ1v) is 4.01. The number of carbonyl (C=O) groups is 1. The fourth-order valence-corrected chi connectivity index (χ4v) is 1.44. The van der Waals surface area contributed by atoms with Crippen molar-refractivity contribution in [2.24, 2.45) is 0 Å². The van der Waals surface area contributed by atoms with E-state index in [1.165, 1.54) is 0 Å². The lowest BCUT2D eigenvalue weighted by molar-refractivity contribution is -0.119. The first-order valence-electron chi connectivity index (χ1n) is 4.01. The Morgan fingerprint density at radius 3 is 3.00 bits per heavy atom. The van der Waals surface area contributed by atoms with Gasteiger partial charge in [0.15, 0.2) is 0 Å². The molecule has 0 aliphatic carbocycles. The minimum absolute atomic E-state index is 0.0703. The molecule has 11 heavy (non-hydrogen) atoms. The van der Waals surface area contributed by atoms with Crippen LogP contribution in [-0.4, -0.2) is 36.5 Å². The van der Waals surface area contributed by atoms with Crippen molar-refractivity contribution in [1.82, 2.24) is 10.2 Å². The van der Waals surface area contributed by atoms with E-state index in [9.17, 15) is 4.79 Å². The summed E-state index contributed by atoms with van der Waals surface area (Å²) in [4.78, 5) is 12.9. The Morgan fingerprint density at radius 1 is 1.82 bits per heavy atom. The summed E-state index contributed by atoms with van der Waals surface area (Å²) in [5.74, 6) is 0.0703. The molecule has 3 nitrogen and oxygen atoms in total. The third-order valence-electron chi connectivity index (χ3n) is 2.00. The van der Waals surface area contributed by atoms with E-state index in [2.05, 4.69) is 17.1 Å². The standard InChI is InChI=1S/C8H15N2O/c1-3-10-5-4-8(6-10)9-7(2)11/h8H,1,3-6H2,2H3,(H,9,11). The van der Waals surface area contributed by atoms with Gasteiger partial charge in [0.1, 0.15) is 0 Å². The highest BCUT2D eigenvalue weighted by Gasteiger charge is 2.20. The molecule has 1 fully saturated rings. The van der Waals surface area contributed by atoms with Crippen molar-refractivity contribution in [3.05, 3.63) is 6.92 Å². The molecule has 1 unspecified atom stereocenters. The van der Waals surface area contributed by atoms with Crippen LogP contribution in [0.25, 0.3) is 0 Å². The molecule has 1 aliphatic rings. The van der Waals surface area contributed by atoms with E-state index in [-0.39, 0.29) is 5.91 Å². The number of nitrogens with one attached hydrogen (secondary N) is 1. The van der Waals surface area contributed by atoms with Gasteiger partial charge >= 0.3 is 0 Å². The normalized spacial score (nSPS) is 25.5. The molecule has 0 spiro atoms. The average molecular weight is 155 g/mol. The molecule has 0 aromatic rings. The van der Waals surface area contributed by atoms with Gasteiger partial charge in [-0.1, -0.05) is 0 Å². The second kappa shape index (κ2) is 3.72. The Balaban J connectivity index is 2.24. The second-order valence-corrected chi connectivity index (χ2v) is 2.99. The van der Waals surface area contributed by atoms with Crippen molar-refractivity contribution < 1.29 is 4.79 Å². The van der Waals surface area contributed by atoms with Crippen LogP contribution in [0.15, 0.2) is 0 Å². The molecule has 1 amide bonds. The first-order chi connectivity index (χ1) is 5.22. The van der Waals surface area contributed by atoms with Crippen molar-refractivity contribution in [2.75, 3.05) is 19.6 Å². The van der Waals surface area contributed by atoms with Crippen LogP contribution < -0.4 is 5.32 Å². The molecule has 3 heteroatoms. The maximum absolute atomic E-state index is 10.6. The quantitative estimate of drug-likeness (QED) is 0.610. The number of amides is 1. The van der Waals surface area contributed by atoms with Gasteiger partial charge in [0, 0.05) is 26.1 Å². The highest BCUT2D eigenvalue weighted by Crippen LogP contribution is 2.07. The van der Waals surface area contributed by atoms with Gasteiger partial charge in [0.05, 0.1) is 0 Å². The maximum Gasteiger partial charge on any atom is 0.217 e. The van der Waals surface area contributed by atoms with Crippen LogP contribution in [0.1, 0.15) is 13.3 Å². The Labute approximate surface area is 67.8 Å². The molecule has 0 saturated carbocycles. The predicted molar refractivity (Wildman–Crippen MR) is 44.0 cm³/mol. The number of hydrogen-bond donors (Lipinski definition) is 1. The Hall–Kier alpha value is -0.570. The van der Waals surface area contributed by atoms with Gasteiger partial charge < -0.3 is 10.2 Å². The van der Waals surface area contributed by atoms with E-state index >= 15 is 0 Å². The lowest BCUT2D eigenvalue weighted by atomic mass is 10.3. The van der Waals surface area contributed by atoms with Crippen molar-refractivity contribution in [3.8, 4) is 0 Å². The van der Waals surface area contributed by atoms with Gasteiger partial charge in [0.25, 0.3) is 0 Å². The topological polar surface area (TPSA) is 32.3 Å². The number of carbonyl (C=O) groups excluding carboxylic acids is 1. The zero-order valence-corrected chi connectivity index (χ0v) is 6.97. The lowest BCUT2D eigenvalue weighted by Gasteiger charge is -2.12. The molecular weight excluding hydrogens is 140 g/mol. The summed E-state index contributed by atoms with van der Waals surface area (Å²) < 4.78 is 0. The molecule has 0 aromatic carbocycles. The van der Waals surface area contributed by atoms with Gasteiger partial charge in [-0.05, 0) is 19.9 Å². The van der Waals surface area contributed by atoms with E-state index in [0.717, 1.165) is 26.1 Å². The third kappa shape index (κ3) is 2.50. The van der Waals surface area contributed by atoms with E-state index < -0.39 is 0 Å². The third-order valence-corrected chi connectivity index (χ3v) is 2.00. The zero-order valence-electron chi connectivity index (χ0n) is 6.97. The van der Waals surface area contributed by atoms with Crippen LogP contribution in [0.2, 0.25) is 0 Å². The Kier molecular flexibility index (Phi) is 2.88. The van der Waals surface area contributed by atoms with Gasteiger partial charge in [-0.25, -0.2) is 0 Å². The van der Waals surface area contributed by atoms with Crippen molar-refractivity contribution in [3.63, 3.8) is 0 Å². The maximum atomic E-state index is 10.6. The molecule has 1 rings (SSSR count). The number of nitrogens with zero attached hydrogens (tertiary/aromatic N) is 1. The van der Waals surface area contributed by atoms with Crippen molar-refractivity contribution >= 4 is 5.91 Å². The number of likely N-dealkylation sites (tertiary alicyclic amines) is 1. The van der Waals surface area contributed by atoms with Crippen molar-refractivity contribution in [2.45, 2.75) is 19.4 Å². The monoisotopic (exact) mass is 155 g/mol. The summed E-state index contributed by atoms with van der Waals surface area (Å²) in [5, 5.41) is 2.90. The van der Waals surface area contributed by atoms with E-state index in [1.54, 1.807) is 6.92 Å². The smallest absolute Gasteiger partial charge is 0.217 e. The van der Waals surface area contributed by atoms with Crippen LogP contribution in [0, 0.1) is 6.92 Å². The van der Waals surface area contributed by atoms with Gasteiger partial charge in [-0.15, -0.1) is 0 Å². The SMILES string of the molecule is [CH2]CN1CCC(NC(C)=O)C1. The van der Waals surface area contributed by atoms with Crippen LogP contribution in [0.5, 0.6) is 0 Å². The first kappa shape index (κ1) is 8.53. The van der Waals surface area contributed by atoms with Crippen LogP contribution >= 0.6 is 0 Å². The molecule has 63 valence electrons. The van der Waals surface area contributed by atoms with Crippen LogP contribution in [0.3, 0.4) is 0 Å². The molecule has 1 saturated heterocycles. The minimum atomic E-state index is 0.0703. The summed E-state index contributed by atoms with van der Waals surface area (Å²) in [6, 6.07) is 0.356. The largest absolute Gasteiger partial charge is 0.352 e. The van der Waals surface area contributed by atoms with Crippen LogP contribution in [-0.2, 0) is 4.79 Å². The fourth-order valence-electron chi connectivity index (χ4n) is 1.44. The van der Waals surface area contributed by atoms with E-state index in [4.69, 9.17) is 0 Å². The molecular formula is C8H15N2O. The molecule has 1 heterocycles. The Morgan fingerprint density at radius 2 is 2.55 bits per heavy atom. The Bertz CT molecular complexity index is 147. The number of hydrogen-bond acceptors (Lipinski definition) is 2. The highest BCUT2D eigenvalue weighted by molar-refractivity contribution is 5.73. The van der Waals surface area contributed by atoms with E-state index in [0.29, 0.717) is 6.04 Å². The van der Waals surface area contributed by atoms with Crippen LogP contribution in [0.4, 0.5) is 0 Å². The van der Waals surface area contributed by atoms with Gasteiger partial charge in [-0.3, -0.25) is 4.79 Å². The predicted octanol–water partition coefficient (Wildman–Crippen LogP) is 0.0309. The fraction of sp³-hybridized carbons (Fsp3) is 0.750. The molecule has 0 bridgehead atoms. The summed E-state index contributed by atoms with van der Waals surface area (Å²) >= 11 is 0. The summed E-state index contributed by atoms with van der Waals surface area (Å²) in [5.41, 5.74) is 0. The minimum Gasteiger partial charge on any atom is -0.352 e.